The molecule has 4 heterocycles. The number of pyridine rings is 1. The molecule has 0 saturated heterocycles. The highest BCUT2D eigenvalue weighted by molar-refractivity contribution is 6.50. The normalized spacial score (nSPS) is 17.0. The van der Waals surface area contributed by atoms with Crippen molar-refractivity contribution in [2.75, 3.05) is 6.54 Å². The SMILES string of the molecule is Cn1cc(C2=C(c3c4c(n5ccccc35)CCC(CNC(=O)c3ccccc3)C4)C(=O)NC2=O)c2ccccc21. The number of nitrogens with zero attached hydrogens (tertiary/aromatic N) is 2. The van der Waals surface area contributed by atoms with Crippen molar-refractivity contribution in [3.8, 4) is 0 Å². The molecule has 0 bridgehead atoms. The molecule has 2 aliphatic rings. The molecule has 2 N–H and O–H groups in total. The van der Waals surface area contributed by atoms with Gasteiger partial charge in [-0.2, -0.15) is 0 Å². The lowest BCUT2D eigenvalue weighted by molar-refractivity contribution is -0.122. The molecule has 0 spiro atoms. The number of hydrogen-bond donors (Lipinski definition) is 2. The molecule has 0 radical (unpaired) electrons. The van der Waals surface area contributed by atoms with Gasteiger partial charge in [0, 0.05) is 59.3 Å². The molecule has 5 aromatic rings. The number of para-hydroxylation sites is 1. The Hall–Kier alpha value is -4.91. The Morgan fingerprint density at radius 2 is 1.65 bits per heavy atom. The third-order valence-corrected chi connectivity index (χ3v) is 8.27. The van der Waals surface area contributed by atoms with Crippen molar-refractivity contribution in [3.63, 3.8) is 0 Å². The number of hydrogen-bond acceptors (Lipinski definition) is 3. The summed E-state index contributed by atoms with van der Waals surface area (Å²) < 4.78 is 4.15. The quantitative estimate of drug-likeness (QED) is 0.329. The third kappa shape index (κ3) is 3.77. The van der Waals surface area contributed by atoms with E-state index >= 15 is 0 Å². The van der Waals surface area contributed by atoms with E-state index in [0.717, 1.165) is 51.6 Å². The van der Waals surface area contributed by atoms with Gasteiger partial charge in [0.25, 0.3) is 17.7 Å². The Labute approximate surface area is 231 Å². The first-order chi connectivity index (χ1) is 19.5. The van der Waals surface area contributed by atoms with Crippen LogP contribution in [0.15, 0.2) is 85.2 Å². The number of benzene rings is 2. The fourth-order valence-corrected chi connectivity index (χ4v) is 6.42. The molecule has 3 aromatic heterocycles. The second-order valence-corrected chi connectivity index (χ2v) is 10.6. The lowest BCUT2D eigenvalue weighted by atomic mass is 9.83. The molecule has 0 saturated carbocycles. The van der Waals surface area contributed by atoms with Crippen LogP contribution in [0.25, 0.3) is 27.6 Å². The van der Waals surface area contributed by atoms with Crippen LogP contribution < -0.4 is 10.6 Å². The minimum atomic E-state index is -0.372. The highest BCUT2D eigenvalue weighted by atomic mass is 16.2. The summed E-state index contributed by atoms with van der Waals surface area (Å²) >= 11 is 0. The zero-order chi connectivity index (χ0) is 27.4. The summed E-state index contributed by atoms with van der Waals surface area (Å²) in [5.74, 6) is -0.622. The lowest BCUT2D eigenvalue weighted by Gasteiger charge is -2.24. The van der Waals surface area contributed by atoms with Crippen molar-refractivity contribution in [2.45, 2.75) is 19.3 Å². The van der Waals surface area contributed by atoms with Crippen LogP contribution in [0.4, 0.5) is 0 Å². The minimum absolute atomic E-state index is 0.0876. The van der Waals surface area contributed by atoms with Crippen molar-refractivity contribution < 1.29 is 14.4 Å². The predicted octanol–water partition coefficient (Wildman–Crippen LogP) is 4.53. The van der Waals surface area contributed by atoms with Gasteiger partial charge in [-0.3, -0.25) is 19.7 Å². The van der Waals surface area contributed by atoms with E-state index in [1.54, 1.807) is 0 Å². The number of carbonyl (C=O) groups excluding carboxylic acids is 3. The largest absolute Gasteiger partial charge is 0.352 e. The number of nitrogens with one attached hydrogen (secondary N) is 2. The van der Waals surface area contributed by atoms with Crippen LogP contribution in [0.5, 0.6) is 0 Å². The van der Waals surface area contributed by atoms with Crippen LogP contribution >= 0.6 is 0 Å². The summed E-state index contributed by atoms with van der Waals surface area (Å²) in [5.41, 5.74) is 7.21. The van der Waals surface area contributed by atoms with Crippen LogP contribution in [0.2, 0.25) is 0 Å². The van der Waals surface area contributed by atoms with Gasteiger partial charge in [-0.15, -0.1) is 0 Å². The monoisotopic (exact) mass is 528 g/mol. The number of aryl methyl sites for hydroxylation is 2. The van der Waals surface area contributed by atoms with Crippen molar-refractivity contribution in [2.24, 2.45) is 13.0 Å². The molecule has 40 heavy (non-hydrogen) atoms. The number of amides is 3. The second kappa shape index (κ2) is 9.38. The molecule has 1 aliphatic carbocycles. The maximum atomic E-state index is 13.5. The molecule has 3 amide bonds. The summed E-state index contributed by atoms with van der Waals surface area (Å²) in [4.78, 5) is 39.6. The van der Waals surface area contributed by atoms with Gasteiger partial charge in [0.2, 0.25) is 0 Å². The van der Waals surface area contributed by atoms with Gasteiger partial charge < -0.3 is 14.3 Å². The van der Waals surface area contributed by atoms with Crippen LogP contribution in [0.3, 0.4) is 0 Å². The van der Waals surface area contributed by atoms with Gasteiger partial charge in [0.05, 0.1) is 16.7 Å². The molecule has 7 heteroatoms. The number of rotatable bonds is 5. The summed E-state index contributed by atoms with van der Waals surface area (Å²) in [6.07, 6.45) is 6.41. The standard InChI is InChI=1S/C33H28N4O3/c1-36-19-24(22-11-5-6-12-25(22)36)29-30(33(40)35-32(29)39)28-23-17-20(18-34-31(38)21-9-3-2-4-10-21)14-15-26(23)37-16-8-7-13-27(28)37/h2-13,16,19-20H,14-15,17-18H2,1H3,(H,34,38)(H,35,39,40). The van der Waals surface area contributed by atoms with Crippen molar-refractivity contribution >= 4 is 45.3 Å². The van der Waals surface area contributed by atoms with E-state index in [1.807, 2.05) is 96.8 Å². The first-order valence-corrected chi connectivity index (χ1v) is 13.6. The zero-order valence-corrected chi connectivity index (χ0v) is 22.1. The van der Waals surface area contributed by atoms with Gasteiger partial charge in [0.1, 0.15) is 0 Å². The molecule has 198 valence electrons. The van der Waals surface area contributed by atoms with E-state index < -0.39 is 0 Å². The first-order valence-electron chi connectivity index (χ1n) is 13.6. The van der Waals surface area contributed by atoms with E-state index in [9.17, 15) is 14.4 Å². The van der Waals surface area contributed by atoms with Crippen LogP contribution in [0, 0.1) is 5.92 Å². The van der Waals surface area contributed by atoms with Crippen molar-refractivity contribution in [1.82, 2.24) is 19.6 Å². The molecule has 7 rings (SSSR count). The number of imide groups is 1. The van der Waals surface area contributed by atoms with Gasteiger partial charge in [-0.05, 0) is 61.1 Å². The molecule has 2 aromatic carbocycles. The van der Waals surface area contributed by atoms with E-state index in [1.165, 1.54) is 0 Å². The topological polar surface area (TPSA) is 84.6 Å². The van der Waals surface area contributed by atoms with E-state index in [4.69, 9.17) is 0 Å². The maximum Gasteiger partial charge on any atom is 0.259 e. The van der Waals surface area contributed by atoms with Crippen molar-refractivity contribution in [3.05, 3.63) is 113 Å². The number of fused-ring (bicyclic) bond motifs is 4. The summed E-state index contributed by atoms with van der Waals surface area (Å²) in [5, 5.41) is 6.62. The molecule has 1 unspecified atom stereocenters. The van der Waals surface area contributed by atoms with Gasteiger partial charge in [-0.1, -0.05) is 42.5 Å². The molecular weight excluding hydrogens is 500 g/mol. The fraction of sp³-hybridized carbons (Fsp3) is 0.182. The lowest BCUT2D eigenvalue weighted by Crippen LogP contribution is -2.32. The van der Waals surface area contributed by atoms with Crippen LogP contribution in [-0.4, -0.2) is 33.2 Å². The van der Waals surface area contributed by atoms with Gasteiger partial charge >= 0.3 is 0 Å². The Morgan fingerprint density at radius 3 is 2.50 bits per heavy atom. The molecule has 0 fully saturated rings. The molecule has 1 aliphatic heterocycles. The number of aromatic nitrogens is 2. The average Bonchev–Trinajstić information content (AvgIpc) is 3.59. The minimum Gasteiger partial charge on any atom is -0.352 e. The molecular formula is C33H28N4O3. The van der Waals surface area contributed by atoms with E-state index in [-0.39, 0.29) is 23.6 Å². The summed E-state index contributed by atoms with van der Waals surface area (Å²) in [7, 11) is 1.95. The average molecular weight is 529 g/mol. The zero-order valence-electron chi connectivity index (χ0n) is 22.1. The Bertz CT molecular complexity index is 1880. The smallest absolute Gasteiger partial charge is 0.259 e. The fourth-order valence-electron chi connectivity index (χ4n) is 6.42. The van der Waals surface area contributed by atoms with Crippen LogP contribution in [-0.2, 0) is 29.5 Å². The molecule has 7 nitrogen and oxygen atoms in total. The number of carbonyl (C=O) groups is 3. The second-order valence-electron chi connectivity index (χ2n) is 10.6. The predicted molar refractivity (Wildman–Crippen MR) is 155 cm³/mol. The van der Waals surface area contributed by atoms with Gasteiger partial charge in [-0.25, -0.2) is 0 Å². The third-order valence-electron chi connectivity index (χ3n) is 8.27. The Morgan fingerprint density at radius 1 is 0.925 bits per heavy atom. The van der Waals surface area contributed by atoms with Gasteiger partial charge in [0.15, 0.2) is 0 Å². The molecule has 1 atom stereocenters. The van der Waals surface area contributed by atoms with E-state index in [2.05, 4.69) is 15.0 Å². The summed E-state index contributed by atoms with van der Waals surface area (Å²) in [6, 6.07) is 23.1. The Balaban J connectivity index is 1.34. The maximum absolute atomic E-state index is 13.5. The van der Waals surface area contributed by atoms with Crippen molar-refractivity contribution in [1.29, 1.82) is 0 Å². The van der Waals surface area contributed by atoms with Crippen LogP contribution in [0.1, 0.15) is 39.2 Å². The highest BCUT2D eigenvalue weighted by Crippen LogP contribution is 2.42. The Kier molecular flexibility index (Phi) is 5.66. The van der Waals surface area contributed by atoms with E-state index in [0.29, 0.717) is 29.7 Å². The highest BCUT2D eigenvalue weighted by Gasteiger charge is 2.38. The first kappa shape index (κ1) is 24.2. The summed E-state index contributed by atoms with van der Waals surface area (Å²) in [6.45, 7) is 0.541.